The van der Waals surface area contributed by atoms with E-state index in [0.29, 0.717) is 0 Å². The van der Waals surface area contributed by atoms with Crippen molar-refractivity contribution in [1.82, 2.24) is 0 Å². The topological polar surface area (TPSA) is 63.4 Å². The Labute approximate surface area is 93.0 Å². The summed E-state index contributed by atoms with van der Waals surface area (Å²) in [5.41, 5.74) is 0. The van der Waals surface area contributed by atoms with E-state index in [1.807, 2.05) is 0 Å². The minimum Gasteiger partial charge on any atom is 0.316 e. The van der Waals surface area contributed by atoms with Crippen LogP contribution >= 0.6 is 0 Å². The fraction of sp³-hybridized carbons (Fsp3) is 0. The molecular weight excluding hydrogens is 125 g/mol. The minimum atomic E-state index is -1.50. The molecule has 0 aliphatic rings. The Hall–Kier alpha value is 1.60. The van der Waals surface area contributed by atoms with Crippen molar-refractivity contribution in [2.75, 3.05) is 0 Å². The van der Waals surface area contributed by atoms with Crippen molar-refractivity contribution in [3.63, 3.8) is 0 Å². The first-order chi connectivity index (χ1) is 1.73. The maximum absolute atomic E-state index is 8.36. The van der Waals surface area contributed by atoms with Gasteiger partial charge in [-0.3, -0.25) is 0 Å². The van der Waals surface area contributed by atoms with Gasteiger partial charge in [0.15, 0.2) is 0 Å². The standard InChI is InChI=1S/K.Mg.HNO3.3H/c;;2-1(3)4;;;/h;;(H,2,3,4);;;. The molecule has 30 valence electrons. The Kier molecular flexibility index (Phi) is 25.5. The zero-order chi connectivity index (χ0) is 3.58. The van der Waals surface area contributed by atoms with E-state index in [0.717, 1.165) is 0 Å². The maximum Gasteiger partial charge on any atom is 0.316 e. The third-order valence-corrected chi connectivity index (χ3v) is 0. The van der Waals surface area contributed by atoms with Crippen LogP contribution in [0.15, 0.2) is 0 Å². The number of nitrogens with zero attached hydrogens (tertiary/aromatic N) is 1. The number of hydrogen-bond acceptors (Lipinski definition) is 2. The fourth-order valence-electron chi connectivity index (χ4n) is 0. The first kappa shape index (κ1) is 15.6. The van der Waals surface area contributed by atoms with Gasteiger partial charge in [0.05, 0.1) is 0 Å². The second-order valence-corrected chi connectivity index (χ2v) is 0.238. The molecular formula is H4KMgNO3. The van der Waals surface area contributed by atoms with E-state index in [4.69, 9.17) is 15.3 Å². The Morgan fingerprint density at radius 3 is 1.67 bits per heavy atom. The summed E-state index contributed by atoms with van der Waals surface area (Å²) in [5.74, 6) is 0. The second kappa shape index (κ2) is 9.78. The molecule has 0 saturated heterocycles. The molecule has 0 aromatic carbocycles. The second-order valence-electron chi connectivity index (χ2n) is 0.238. The number of rotatable bonds is 0. The van der Waals surface area contributed by atoms with Gasteiger partial charge in [-0.15, -0.1) is 10.1 Å². The molecule has 1 N–H and O–H groups in total. The normalized spacial score (nSPS) is 4.00. The Morgan fingerprint density at radius 1 is 1.67 bits per heavy atom. The molecule has 0 rings (SSSR count). The van der Waals surface area contributed by atoms with Gasteiger partial charge in [0.25, 0.3) is 5.09 Å². The summed E-state index contributed by atoms with van der Waals surface area (Å²) in [6.07, 6.45) is 0. The van der Waals surface area contributed by atoms with Crippen LogP contribution in [-0.4, -0.2) is 84.7 Å². The SMILES string of the molecule is O=[N+]([O-])O.[KH].[MgH2]. The van der Waals surface area contributed by atoms with Crippen LogP contribution in [0.25, 0.3) is 0 Å². The average molecular weight is 129 g/mol. The Morgan fingerprint density at radius 2 is 1.67 bits per heavy atom. The summed E-state index contributed by atoms with van der Waals surface area (Å²) in [6.45, 7) is 0. The first-order valence-electron chi connectivity index (χ1n) is 0.565. The third-order valence-electron chi connectivity index (χ3n) is 0. The third kappa shape index (κ3) is 46.2. The molecule has 0 saturated carbocycles. The van der Waals surface area contributed by atoms with E-state index in [1.54, 1.807) is 0 Å². The fourth-order valence-corrected chi connectivity index (χ4v) is 0. The molecule has 0 fully saturated rings. The van der Waals surface area contributed by atoms with Crippen LogP contribution < -0.4 is 0 Å². The summed E-state index contributed by atoms with van der Waals surface area (Å²) >= 11 is 0. The summed E-state index contributed by atoms with van der Waals surface area (Å²) < 4.78 is 0. The minimum absolute atomic E-state index is 0. The van der Waals surface area contributed by atoms with Gasteiger partial charge in [0.2, 0.25) is 0 Å². The van der Waals surface area contributed by atoms with Gasteiger partial charge in [0.1, 0.15) is 0 Å². The molecule has 0 aliphatic carbocycles. The van der Waals surface area contributed by atoms with Gasteiger partial charge < -0.3 is 5.21 Å². The molecule has 0 bridgehead atoms. The molecule has 6 heavy (non-hydrogen) atoms. The largest absolute Gasteiger partial charge is 0.316 e. The van der Waals surface area contributed by atoms with Crippen molar-refractivity contribution >= 4 is 74.4 Å². The molecule has 0 atom stereocenters. The van der Waals surface area contributed by atoms with Crippen LogP contribution in [0.4, 0.5) is 0 Å². The van der Waals surface area contributed by atoms with E-state index >= 15 is 0 Å². The first-order valence-corrected chi connectivity index (χ1v) is 0.565. The monoisotopic (exact) mass is 129 g/mol. The number of hydrogen-bond donors (Lipinski definition) is 1. The smallest absolute Gasteiger partial charge is 0.316 e. The van der Waals surface area contributed by atoms with E-state index in [1.165, 1.54) is 0 Å². The predicted molar refractivity (Wildman–Crippen MR) is 24.5 cm³/mol. The van der Waals surface area contributed by atoms with Gasteiger partial charge in [-0.05, 0) is 0 Å². The quantitative estimate of drug-likeness (QED) is 0.236. The van der Waals surface area contributed by atoms with Crippen molar-refractivity contribution in [3.8, 4) is 0 Å². The molecule has 0 aromatic rings. The average Bonchev–Trinajstić information content (AvgIpc) is 0.811. The van der Waals surface area contributed by atoms with Gasteiger partial charge in [0, 0.05) is 0 Å². The zero-order valence-corrected chi connectivity index (χ0v) is 1.71. The van der Waals surface area contributed by atoms with Crippen LogP contribution in [0.5, 0.6) is 0 Å². The molecule has 0 aromatic heterocycles. The van der Waals surface area contributed by atoms with Gasteiger partial charge in [-0.1, -0.05) is 0 Å². The van der Waals surface area contributed by atoms with Crippen molar-refractivity contribution in [2.24, 2.45) is 0 Å². The van der Waals surface area contributed by atoms with Gasteiger partial charge in [-0.2, -0.15) is 0 Å². The molecule has 0 amide bonds. The molecule has 0 radical (unpaired) electrons. The predicted octanol–water partition coefficient (Wildman–Crippen LogP) is -1.91. The molecule has 0 heterocycles. The van der Waals surface area contributed by atoms with Crippen molar-refractivity contribution in [2.45, 2.75) is 0 Å². The summed E-state index contributed by atoms with van der Waals surface area (Å²) in [5, 5.41) is 13.6. The summed E-state index contributed by atoms with van der Waals surface area (Å²) in [4.78, 5) is 8.36. The van der Waals surface area contributed by atoms with E-state index in [-0.39, 0.29) is 74.4 Å². The maximum atomic E-state index is 8.36. The van der Waals surface area contributed by atoms with Crippen molar-refractivity contribution in [3.05, 3.63) is 10.1 Å². The van der Waals surface area contributed by atoms with Crippen LogP contribution in [-0.2, 0) is 0 Å². The molecule has 0 unspecified atom stereocenters. The Balaban J connectivity index is -0.0000000450. The van der Waals surface area contributed by atoms with Crippen molar-refractivity contribution in [1.29, 1.82) is 0 Å². The zero-order valence-electron chi connectivity index (χ0n) is 1.71. The van der Waals surface area contributed by atoms with E-state index in [2.05, 4.69) is 0 Å². The molecule has 0 spiro atoms. The Bertz CT molecular complexity index is 33.8. The van der Waals surface area contributed by atoms with E-state index in [9.17, 15) is 0 Å². The van der Waals surface area contributed by atoms with Crippen LogP contribution in [0.2, 0.25) is 0 Å². The van der Waals surface area contributed by atoms with Crippen LogP contribution in [0.3, 0.4) is 0 Å². The summed E-state index contributed by atoms with van der Waals surface area (Å²) in [7, 11) is 0. The van der Waals surface area contributed by atoms with Crippen LogP contribution in [0.1, 0.15) is 0 Å². The summed E-state index contributed by atoms with van der Waals surface area (Å²) in [6, 6.07) is 0. The molecule has 6 heteroatoms. The van der Waals surface area contributed by atoms with Crippen LogP contribution in [0, 0.1) is 10.1 Å². The van der Waals surface area contributed by atoms with Crippen molar-refractivity contribution < 1.29 is 10.3 Å². The van der Waals surface area contributed by atoms with E-state index < -0.39 is 5.09 Å². The van der Waals surface area contributed by atoms with Gasteiger partial charge >= 0.3 is 74.4 Å². The molecule has 4 nitrogen and oxygen atoms in total. The van der Waals surface area contributed by atoms with Gasteiger partial charge in [-0.25, -0.2) is 0 Å². The molecule has 0 aliphatic heterocycles.